The Hall–Kier alpha value is 0.106. The van der Waals surface area contributed by atoms with Gasteiger partial charge in [-0.15, -0.1) is 0 Å². The number of hydrogen-bond acceptors (Lipinski definition) is 2. The second kappa shape index (κ2) is 5.25. The molecule has 44 valence electrons. The van der Waals surface area contributed by atoms with Gasteiger partial charge >= 0.3 is 23.1 Å². The molecule has 0 aromatic carbocycles. The maximum Gasteiger partial charge on any atom is 2.00 e. The second-order valence-electron chi connectivity index (χ2n) is 1.58. The summed E-state index contributed by atoms with van der Waals surface area (Å²) in [7, 11) is 0. The van der Waals surface area contributed by atoms with E-state index in [-0.39, 0.29) is 43.9 Å². The molecule has 0 spiro atoms. The van der Waals surface area contributed by atoms with E-state index < -0.39 is 0 Å². The van der Waals surface area contributed by atoms with Crippen LogP contribution in [-0.2, 0) is 9.59 Å². The Morgan fingerprint density at radius 2 is 1.50 bits per heavy atom. The van der Waals surface area contributed by atoms with Gasteiger partial charge < -0.3 is 2.85 Å². The molecule has 0 rings (SSSR count). The zero-order chi connectivity index (χ0) is 5.86. The van der Waals surface area contributed by atoms with E-state index in [1.165, 1.54) is 13.8 Å². The van der Waals surface area contributed by atoms with E-state index in [2.05, 4.69) is 0 Å². The van der Waals surface area contributed by atoms with Gasteiger partial charge in [0, 0.05) is 0 Å². The van der Waals surface area contributed by atoms with Crippen molar-refractivity contribution in [2.75, 3.05) is 0 Å². The van der Waals surface area contributed by atoms with Gasteiger partial charge in [-0.3, -0.25) is 9.59 Å². The molecule has 0 amide bonds. The van der Waals surface area contributed by atoms with Gasteiger partial charge in [-0.2, -0.15) is 0 Å². The monoisotopic (exact) mass is 126 g/mol. The third-order valence-electron chi connectivity index (χ3n) is 0.498. The van der Waals surface area contributed by atoms with E-state index >= 15 is 0 Å². The van der Waals surface area contributed by atoms with Gasteiger partial charge in [-0.1, -0.05) is 0 Å². The van der Waals surface area contributed by atoms with E-state index in [1.807, 2.05) is 0 Å². The molecule has 0 radical (unpaired) electrons. The molecule has 0 heterocycles. The first-order valence-corrected chi connectivity index (χ1v) is 2.12. The van der Waals surface area contributed by atoms with Crippen LogP contribution in [0.3, 0.4) is 0 Å². The zero-order valence-electron chi connectivity index (χ0n) is 7.23. The predicted octanol–water partition coefficient (Wildman–Crippen LogP) is 0.399. The Kier molecular flexibility index (Phi) is 7.20. The number of hydrogen-bond donors (Lipinski definition) is 0. The Morgan fingerprint density at radius 3 is 1.50 bits per heavy atom. The van der Waals surface area contributed by atoms with E-state index in [0.717, 1.165) is 0 Å². The molecular weight excluding hydrogens is 116 g/mol. The number of Topliss-reactive ketones (excluding diaryl/α,β-unsaturated/α-hetero) is 2. The number of carbonyl (C=O) groups excluding carboxylic acids is 2. The molecule has 3 heteroatoms. The Balaban J connectivity index is -0.0000000600. The van der Waals surface area contributed by atoms with Crippen molar-refractivity contribution in [3.63, 3.8) is 0 Å². The third kappa shape index (κ3) is 9.44. The Bertz CT molecular complexity index is 93.8. The van der Waals surface area contributed by atoms with E-state index in [1.54, 1.807) is 0 Å². The summed E-state index contributed by atoms with van der Waals surface area (Å²) in [6, 6.07) is 0. The molecule has 0 aliphatic rings. The molecule has 8 heavy (non-hydrogen) atoms. The Morgan fingerprint density at radius 1 is 1.25 bits per heavy atom. The molecule has 0 saturated carbocycles. The van der Waals surface area contributed by atoms with Crippen LogP contribution in [0.1, 0.15) is 23.1 Å². The molecule has 0 aromatic heterocycles. The molecule has 0 aliphatic heterocycles. The van der Waals surface area contributed by atoms with Crippen LogP contribution < -0.4 is 0 Å². The van der Waals surface area contributed by atoms with Crippen molar-refractivity contribution in [1.82, 2.24) is 0 Å². The smallest absolute Gasteiger partial charge is 1.00 e. The fraction of sp³-hybridized carbons (Fsp3) is 0.600. The Labute approximate surface area is 67.8 Å². The number of ketones is 2. The summed E-state index contributed by atoms with van der Waals surface area (Å²) >= 11 is 0. The van der Waals surface area contributed by atoms with Crippen LogP contribution in [0.25, 0.3) is 0 Å². The standard InChI is InChI=1S/C5H8O2.Mg.2H/c1-4(6)3-5(2)7;;;/h3H2,1-2H3;;;/q;+2;2*-1. The summed E-state index contributed by atoms with van der Waals surface area (Å²) in [5.74, 6) is -0.125. The summed E-state index contributed by atoms with van der Waals surface area (Å²) in [4.78, 5) is 20.1. The van der Waals surface area contributed by atoms with Crippen LogP contribution in [0.15, 0.2) is 0 Å². The van der Waals surface area contributed by atoms with Crippen molar-refractivity contribution in [2.45, 2.75) is 20.3 Å². The van der Waals surface area contributed by atoms with Gasteiger partial charge in [-0.25, -0.2) is 0 Å². The first kappa shape index (κ1) is 11.0. The van der Waals surface area contributed by atoms with Crippen LogP contribution in [0.2, 0.25) is 0 Å². The zero-order valence-corrected chi connectivity index (χ0v) is 6.64. The molecule has 0 aliphatic carbocycles. The molecule has 0 atom stereocenters. The largest absolute Gasteiger partial charge is 2.00 e. The number of rotatable bonds is 2. The fourth-order valence-electron chi connectivity index (χ4n) is 0.351. The third-order valence-corrected chi connectivity index (χ3v) is 0.498. The summed E-state index contributed by atoms with van der Waals surface area (Å²) in [6.07, 6.45) is 0.0833. The van der Waals surface area contributed by atoms with Crippen molar-refractivity contribution in [2.24, 2.45) is 0 Å². The van der Waals surface area contributed by atoms with Crippen molar-refractivity contribution < 1.29 is 12.4 Å². The summed E-state index contributed by atoms with van der Waals surface area (Å²) in [6.45, 7) is 2.81. The summed E-state index contributed by atoms with van der Waals surface area (Å²) in [5, 5.41) is 0. The quantitative estimate of drug-likeness (QED) is 0.396. The molecule has 0 fully saturated rings. The molecule has 0 saturated heterocycles. The predicted molar refractivity (Wildman–Crippen MR) is 34.0 cm³/mol. The van der Waals surface area contributed by atoms with E-state index in [9.17, 15) is 9.59 Å². The fourth-order valence-corrected chi connectivity index (χ4v) is 0.351. The average molecular weight is 126 g/mol. The molecule has 2 nitrogen and oxygen atoms in total. The normalized spacial score (nSPS) is 7.25. The van der Waals surface area contributed by atoms with Crippen LogP contribution in [-0.4, -0.2) is 34.6 Å². The van der Waals surface area contributed by atoms with Crippen molar-refractivity contribution in [3.8, 4) is 0 Å². The topological polar surface area (TPSA) is 34.1 Å². The van der Waals surface area contributed by atoms with Crippen molar-refractivity contribution in [3.05, 3.63) is 0 Å². The van der Waals surface area contributed by atoms with Gasteiger partial charge in [0.1, 0.15) is 11.6 Å². The van der Waals surface area contributed by atoms with Gasteiger partial charge in [0.2, 0.25) is 0 Å². The maximum absolute atomic E-state index is 10.0. The van der Waals surface area contributed by atoms with Crippen LogP contribution in [0.5, 0.6) is 0 Å². The maximum atomic E-state index is 10.0. The van der Waals surface area contributed by atoms with Gasteiger partial charge in [0.25, 0.3) is 0 Å². The minimum atomic E-state index is -0.0625. The van der Waals surface area contributed by atoms with Crippen LogP contribution in [0.4, 0.5) is 0 Å². The van der Waals surface area contributed by atoms with E-state index in [4.69, 9.17) is 0 Å². The minimum Gasteiger partial charge on any atom is -1.00 e. The van der Waals surface area contributed by atoms with Gasteiger partial charge in [0.05, 0.1) is 6.42 Å². The first-order valence-electron chi connectivity index (χ1n) is 2.12. The van der Waals surface area contributed by atoms with Crippen LogP contribution >= 0.6 is 0 Å². The average Bonchev–Trinajstić information content (AvgIpc) is 1.27. The SMILES string of the molecule is CC(=O)CC(C)=O.[H-].[H-].[Mg+2]. The van der Waals surface area contributed by atoms with Crippen molar-refractivity contribution in [1.29, 1.82) is 0 Å². The van der Waals surface area contributed by atoms with Crippen LogP contribution in [0, 0.1) is 0 Å². The molecule has 0 N–H and O–H groups in total. The summed E-state index contributed by atoms with van der Waals surface area (Å²) in [5.41, 5.74) is 0. The van der Waals surface area contributed by atoms with Gasteiger partial charge in [-0.05, 0) is 13.8 Å². The summed E-state index contributed by atoms with van der Waals surface area (Å²) < 4.78 is 0. The number of carbonyl (C=O) groups is 2. The van der Waals surface area contributed by atoms with E-state index in [0.29, 0.717) is 0 Å². The van der Waals surface area contributed by atoms with Crippen molar-refractivity contribution >= 4 is 34.6 Å². The minimum absolute atomic E-state index is 0. The first-order chi connectivity index (χ1) is 3.13. The molecule has 0 aromatic rings. The molecule has 0 bridgehead atoms. The second-order valence-corrected chi connectivity index (χ2v) is 1.58. The molecule has 0 unspecified atom stereocenters. The molecular formula is C5H10MgO2. The van der Waals surface area contributed by atoms with Gasteiger partial charge in [0.15, 0.2) is 0 Å².